The minimum Gasteiger partial charge on any atom is -0.325 e. The summed E-state index contributed by atoms with van der Waals surface area (Å²) in [7, 11) is 0. The van der Waals surface area contributed by atoms with Gasteiger partial charge in [0.2, 0.25) is 5.91 Å². The van der Waals surface area contributed by atoms with Gasteiger partial charge in [-0.05, 0) is 31.4 Å². The summed E-state index contributed by atoms with van der Waals surface area (Å²) in [4.78, 5) is 15.9. The summed E-state index contributed by atoms with van der Waals surface area (Å²) in [6.07, 6.45) is 2.00. The molecule has 1 aromatic carbocycles. The van der Waals surface area contributed by atoms with Gasteiger partial charge >= 0.3 is 0 Å². The lowest BCUT2D eigenvalue weighted by molar-refractivity contribution is -0.117. The fraction of sp³-hybridized carbons (Fsp3) is 0.273. The Balaban J connectivity index is 2.28. The van der Waals surface area contributed by atoms with E-state index in [1.165, 1.54) is 0 Å². The van der Waals surface area contributed by atoms with Crippen molar-refractivity contribution >= 4 is 44.9 Å². The van der Waals surface area contributed by atoms with Gasteiger partial charge in [0.25, 0.3) is 0 Å². The smallest absolute Gasteiger partial charge is 0.240 e. The van der Waals surface area contributed by atoms with Crippen LogP contribution in [-0.2, 0) is 4.79 Å². The number of thiazole rings is 1. The normalized spacial score (nSPS) is 12.6. The molecule has 2 rings (SSSR count). The maximum Gasteiger partial charge on any atom is 0.240 e. The molecule has 90 valence electrons. The van der Waals surface area contributed by atoms with Crippen molar-refractivity contribution in [3.63, 3.8) is 0 Å². The third-order valence-corrected chi connectivity index (χ3v) is 4.23. The molecule has 2 aromatic rings. The van der Waals surface area contributed by atoms with Gasteiger partial charge in [-0.2, -0.15) is 0 Å². The van der Waals surface area contributed by atoms with E-state index in [0.717, 1.165) is 20.2 Å². The van der Waals surface area contributed by atoms with Gasteiger partial charge in [0.1, 0.15) is 0 Å². The Hall–Kier alpha value is -1.11. The first-order chi connectivity index (χ1) is 8.10. The van der Waals surface area contributed by atoms with Crippen LogP contribution in [0.25, 0.3) is 10.2 Å². The molecule has 0 bridgehead atoms. The molecule has 1 atom stereocenters. The largest absolute Gasteiger partial charge is 0.325 e. The van der Waals surface area contributed by atoms with Crippen molar-refractivity contribution in [2.45, 2.75) is 17.3 Å². The highest BCUT2D eigenvalue weighted by atomic mass is 32.2. The van der Waals surface area contributed by atoms with E-state index in [1.807, 2.05) is 24.5 Å². The lowest BCUT2D eigenvalue weighted by atomic mass is 10.2. The molecule has 17 heavy (non-hydrogen) atoms. The number of thioether (sulfide) groups is 1. The Morgan fingerprint density at radius 3 is 3.00 bits per heavy atom. The van der Waals surface area contributed by atoms with E-state index in [0.29, 0.717) is 0 Å². The zero-order valence-corrected chi connectivity index (χ0v) is 11.2. The molecule has 0 aliphatic rings. The lowest BCUT2D eigenvalue weighted by Gasteiger charge is -2.07. The third-order valence-electron chi connectivity index (χ3n) is 2.22. The number of hydrogen-bond acceptors (Lipinski definition) is 5. The Morgan fingerprint density at radius 2 is 2.35 bits per heavy atom. The van der Waals surface area contributed by atoms with Gasteiger partial charge in [0.05, 0.1) is 16.3 Å². The average molecular weight is 267 g/mol. The van der Waals surface area contributed by atoms with Crippen molar-refractivity contribution < 1.29 is 4.79 Å². The average Bonchev–Trinajstić information content (AvgIpc) is 2.70. The molecule has 1 heterocycles. The Bertz CT molecular complexity index is 551. The van der Waals surface area contributed by atoms with E-state index in [4.69, 9.17) is 5.73 Å². The first kappa shape index (κ1) is 12.3. The molecule has 1 aromatic heterocycles. The molecular formula is C11H13N3OS2. The first-order valence-electron chi connectivity index (χ1n) is 5.11. The van der Waals surface area contributed by atoms with E-state index >= 15 is 0 Å². The van der Waals surface area contributed by atoms with Gasteiger partial charge in [-0.3, -0.25) is 4.79 Å². The maximum absolute atomic E-state index is 11.5. The van der Waals surface area contributed by atoms with Crippen LogP contribution in [0.1, 0.15) is 6.92 Å². The Morgan fingerprint density at radius 1 is 1.59 bits per heavy atom. The van der Waals surface area contributed by atoms with Crippen molar-refractivity contribution in [2.24, 2.45) is 5.73 Å². The highest BCUT2D eigenvalue weighted by molar-refractivity contribution is 8.00. The number of carbonyl (C=O) groups excluding carboxylic acids is 1. The predicted octanol–water partition coefficient (Wildman–Crippen LogP) is 2.30. The second kappa shape index (κ2) is 5.03. The minimum atomic E-state index is -0.506. The van der Waals surface area contributed by atoms with Crippen molar-refractivity contribution in [1.82, 2.24) is 4.98 Å². The summed E-state index contributed by atoms with van der Waals surface area (Å²) in [5, 5.41) is 2.77. The molecule has 0 unspecified atom stereocenters. The number of rotatable bonds is 3. The fourth-order valence-electron chi connectivity index (χ4n) is 1.32. The van der Waals surface area contributed by atoms with Crippen LogP contribution in [0, 0.1) is 0 Å². The van der Waals surface area contributed by atoms with E-state index < -0.39 is 6.04 Å². The number of carbonyl (C=O) groups is 1. The van der Waals surface area contributed by atoms with Crippen LogP contribution in [0.15, 0.2) is 22.5 Å². The van der Waals surface area contributed by atoms with Gasteiger partial charge in [-0.25, -0.2) is 4.98 Å². The molecule has 0 aliphatic heterocycles. The standard InChI is InChI=1S/C11H13N3OS2/c1-6(12)10(15)13-7-3-4-8-9(5-7)17-11(14-8)16-2/h3-6H,12H2,1-2H3,(H,13,15)/t6-/m0/s1. The molecule has 1 amide bonds. The molecule has 6 heteroatoms. The summed E-state index contributed by atoms with van der Waals surface area (Å²) >= 11 is 3.24. The maximum atomic E-state index is 11.5. The van der Waals surface area contributed by atoms with Gasteiger partial charge < -0.3 is 11.1 Å². The molecule has 0 saturated heterocycles. The molecule has 0 fully saturated rings. The molecule has 0 saturated carbocycles. The molecule has 4 nitrogen and oxygen atoms in total. The van der Waals surface area contributed by atoms with Gasteiger partial charge in [0, 0.05) is 5.69 Å². The molecular weight excluding hydrogens is 254 g/mol. The van der Waals surface area contributed by atoms with Crippen LogP contribution in [0.4, 0.5) is 5.69 Å². The van der Waals surface area contributed by atoms with E-state index in [9.17, 15) is 4.79 Å². The number of hydrogen-bond donors (Lipinski definition) is 2. The Kier molecular flexibility index (Phi) is 3.66. The van der Waals surface area contributed by atoms with Crippen molar-refractivity contribution in [3.05, 3.63) is 18.2 Å². The summed E-state index contributed by atoms with van der Waals surface area (Å²) < 4.78 is 2.09. The van der Waals surface area contributed by atoms with E-state index in [1.54, 1.807) is 30.0 Å². The monoisotopic (exact) mass is 267 g/mol. The Labute approximate surface area is 108 Å². The second-order valence-electron chi connectivity index (χ2n) is 3.64. The molecule has 0 spiro atoms. The topological polar surface area (TPSA) is 68.0 Å². The van der Waals surface area contributed by atoms with Crippen molar-refractivity contribution in [3.8, 4) is 0 Å². The first-order valence-corrected chi connectivity index (χ1v) is 7.15. The van der Waals surface area contributed by atoms with Gasteiger partial charge in [-0.15, -0.1) is 11.3 Å². The number of nitrogens with zero attached hydrogens (tertiary/aromatic N) is 1. The predicted molar refractivity (Wildman–Crippen MR) is 73.7 cm³/mol. The van der Waals surface area contributed by atoms with E-state index in [2.05, 4.69) is 10.3 Å². The van der Waals surface area contributed by atoms with Crippen LogP contribution in [0.5, 0.6) is 0 Å². The highest BCUT2D eigenvalue weighted by Gasteiger charge is 2.09. The molecule has 0 aliphatic carbocycles. The van der Waals surface area contributed by atoms with Crippen LogP contribution < -0.4 is 11.1 Å². The van der Waals surface area contributed by atoms with Crippen molar-refractivity contribution in [2.75, 3.05) is 11.6 Å². The zero-order valence-electron chi connectivity index (χ0n) is 9.56. The van der Waals surface area contributed by atoms with E-state index in [-0.39, 0.29) is 5.91 Å². The van der Waals surface area contributed by atoms with Crippen LogP contribution >= 0.6 is 23.1 Å². The van der Waals surface area contributed by atoms with Gasteiger partial charge in [-0.1, -0.05) is 11.8 Å². The molecule has 0 radical (unpaired) electrons. The lowest BCUT2D eigenvalue weighted by Crippen LogP contribution is -2.32. The third kappa shape index (κ3) is 2.77. The summed E-state index contributed by atoms with van der Waals surface area (Å²) in [5.74, 6) is -0.182. The fourth-order valence-corrected chi connectivity index (χ4v) is 2.85. The van der Waals surface area contributed by atoms with Gasteiger partial charge in [0.15, 0.2) is 4.34 Å². The highest BCUT2D eigenvalue weighted by Crippen LogP contribution is 2.29. The quantitative estimate of drug-likeness (QED) is 0.837. The van der Waals surface area contributed by atoms with Crippen LogP contribution in [-0.4, -0.2) is 23.2 Å². The summed E-state index contributed by atoms with van der Waals surface area (Å²) in [6, 6.07) is 5.16. The number of aromatic nitrogens is 1. The van der Waals surface area contributed by atoms with Crippen molar-refractivity contribution in [1.29, 1.82) is 0 Å². The van der Waals surface area contributed by atoms with Crippen LogP contribution in [0.3, 0.4) is 0 Å². The summed E-state index contributed by atoms with van der Waals surface area (Å²) in [5.41, 5.74) is 7.21. The number of nitrogens with one attached hydrogen (secondary N) is 1. The SMILES string of the molecule is CSc1nc2ccc(NC(=O)[C@H](C)N)cc2s1. The summed E-state index contributed by atoms with van der Waals surface area (Å²) in [6.45, 7) is 1.66. The number of fused-ring (bicyclic) bond motifs is 1. The minimum absolute atomic E-state index is 0.182. The zero-order chi connectivity index (χ0) is 12.4. The number of anilines is 1. The number of benzene rings is 1. The number of amides is 1. The van der Waals surface area contributed by atoms with Crippen LogP contribution in [0.2, 0.25) is 0 Å². The second-order valence-corrected chi connectivity index (χ2v) is 5.73. The molecule has 3 N–H and O–H groups in total. The number of nitrogens with two attached hydrogens (primary N) is 1.